The Hall–Kier alpha value is -1.65. The lowest BCUT2D eigenvalue weighted by Gasteiger charge is -2.35. The second kappa shape index (κ2) is 7.71. The second-order valence-electron chi connectivity index (χ2n) is 7.51. The number of aromatic nitrogens is 1. The highest BCUT2D eigenvalue weighted by Crippen LogP contribution is 2.28. The number of nitrogens with zero attached hydrogens (tertiary/aromatic N) is 2. The highest BCUT2D eigenvalue weighted by atomic mass is 16.5. The molecule has 4 heteroatoms. The summed E-state index contributed by atoms with van der Waals surface area (Å²) in [5, 5.41) is 2.38. The van der Waals surface area contributed by atoms with Gasteiger partial charge in [0.15, 0.2) is 0 Å². The van der Waals surface area contributed by atoms with Gasteiger partial charge in [-0.25, -0.2) is 0 Å². The maximum Gasteiger partial charge on any atom is 0.123 e. The zero-order chi connectivity index (χ0) is 17.1. The summed E-state index contributed by atoms with van der Waals surface area (Å²) < 4.78 is 11.8. The van der Waals surface area contributed by atoms with Gasteiger partial charge in [-0.05, 0) is 67.7 Å². The highest BCUT2D eigenvalue weighted by Gasteiger charge is 2.24. The lowest BCUT2D eigenvalue weighted by molar-refractivity contribution is 0.0388. The SMILES string of the molecule is Cc1cc2cnccc2cc1OC1CCN(CC2CCOCC2)CC1. The van der Waals surface area contributed by atoms with Gasteiger partial charge in [0, 0.05) is 50.6 Å². The largest absolute Gasteiger partial charge is 0.490 e. The van der Waals surface area contributed by atoms with E-state index in [2.05, 4.69) is 35.0 Å². The molecule has 0 bridgehead atoms. The number of aryl methyl sites for hydroxylation is 1. The monoisotopic (exact) mass is 340 g/mol. The molecule has 0 amide bonds. The van der Waals surface area contributed by atoms with Gasteiger partial charge in [0.2, 0.25) is 0 Å². The highest BCUT2D eigenvalue weighted by molar-refractivity contribution is 5.84. The van der Waals surface area contributed by atoms with E-state index in [1.54, 1.807) is 0 Å². The van der Waals surface area contributed by atoms with Crippen LogP contribution in [0.5, 0.6) is 5.75 Å². The van der Waals surface area contributed by atoms with Crippen LogP contribution < -0.4 is 4.74 Å². The second-order valence-corrected chi connectivity index (χ2v) is 7.51. The van der Waals surface area contributed by atoms with Gasteiger partial charge < -0.3 is 14.4 Å². The molecule has 0 unspecified atom stereocenters. The zero-order valence-electron chi connectivity index (χ0n) is 15.1. The van der Waals surface area contributed by atoms with E-state index in [1.807, 2.05) is 12.4 Å². The summed E-state index contributed by atoms with van der Waals surface area (Å²) >= 11 is 0. The van der Waals surface area contributed by atoms with Gasteiger partial charge in [-0.2, -0.15) is 0 Å². The van der Waals surface area contributed by atoms with Crippen molar-refractivity contribution in [1.82, 2.24) is 9.88 Å². The van der Waals surface area contributed by atoms with E-state index in [9.17, 15) is 0 Å². The van der Waals surface area contributed by atoms with Crippen LogP contribution in [-0.2, 0) is 4.74 Å². The molecule has 0 saturated carbocycles. The molecule has 0 atom stereocenters. The topological polar surface area (TPSA) is 34.6 Å². The molecule has 134 valence electrons. The third-order valence-electron chi connectivity index (χ3n) is 5.62. The van der Waals surface area contributed by atoms with E-state index in [0.29, 0.717) is 6.10 Å². The fraction of sp³-hybridized carbons (Fsp3) is 0.571. The van der Waals surface area contributed by atoms with Crippen LogP contribution in [0.25, 0.3) is 10.8 Å². The molecule has 0 N–H and O–H groups in total. The number of piperidine rings is 1. The Balaban J connectivity index is 1.33. The number of hydrogen-bond acceptors (Lipinski definition) is 4. The van der Waals surface area contributed by atoms with Gasteiger partial charge in [0.05, 0.1) is 0 Å². The van der Waals surface area contributed by atoms with Crippen molar-refractivity contribution in [2.24, 2.45) is 5.92 Å². The van der Waals surface area contributed by atoms with E-state index in [0.717, 1.165) is 50.8 Å². The molecule has 3 heterocycles. The lowest BCUT2D eigenvalue weighted by atomic mass is 9.98. The zero-order valence-corrected chi connectivity index (χ0v) is 15.1. The molecule has 0 radical (unpaired) electrons. The summed E-state index contributed by atoms with van der Waals surface area (Å²) in [7, 11) is 0. The smallest absolute Gasteiger partial charge is 0.123 e. The number of ether oxygens (including phenoxy) is 2. The van der Waals surface area contributed by atoms with Crippen molar-refractivity contribution in [2.75, 3.05) is 32.8 Å². The van der Waals surface area contributed by atoms with E-state index < -0.39 is 0 Å². The van der Waals surface area contributed by atoms with Gasteiger partial charge >= 0.3 is 0 Å². The maximum absolute atomic E-state index is 6.37. The predicted octanol–water partition coefficient (Wildman–Crippen LogP) is 3.81. The molecule has 2 aliphatic heterocycles. The Morgan fingerprint density at radius 1 is 1.12 bits per heavy atom. The Labute approximate surface area is 150 Å². The summed E-state index contributed by atoms with van der Waals surface area (Å²) in [6.07, 6.45) is 8.79. The fourth-order valence-corrected chi connectivity index (χ4v) is 4.04. The summed E-state index contributed by atoms with van der Waals surface area (Å²) in [6, 6.07) is 6.40. The first kappa shape index (κ1) is 16.8. The van der Waals surface area contributed by atoms with Crippen molar-refractivity contribution in [3.05, 3.63) is 36.2 Å². The van der Waals surface area contributed by atoms with Crippen LogP contribution in [0.4, 0.5) is 0 Å². The third kappa shape index (κ3) is 4.13. The molecule has 25 heavy (non-hydrogen) atoms. The van der Waals surface area contributed by atoms with Crippen molar-refractivity contribution in [1.29, 1.82) is 0 Å². The lowest BCUT2D eigenvalue weighted by Crippen LogP contribution is -2.41. The van der Waals surface area contributed by atoms with E-state index in [1.165, 1.54) is 35.7 Å². The maximum atomic E-state index is 6.37. The molecule has 1 aromatic carbocycles. The van der Waals surface area contributed by atoms with Crippen LogP contribution in [0.15, 0.2) is 30.6 Å². The first-order valence-corrected chi connectivity index (χ1v) is 9.59. The number of pyridine rings is 1. The summed E-state index contributed by atoms with van der Waals surface area (Å²) in [4.78, 5) is 6.82. The molecule has 4 rings (SSSR count). The summed E-state index contributed by atoms with van der Waals surface area (Å²) in [6.45, 7) is 7.55. The van der Waals surface area contributed by atoms with Crippen molar-refractivity contribution in [2.45, 2.75) is 38.7 Å². The van der Waals surface area contributed by atoms with Gasteiger partial charge in [0.25, 0.3) is 0 Å². The summed E-state index contributed by atoms with van der Waals surface area (Å²) in [5.41, 5.74) is 1.20. The minimum absolute atomic E-state index is 0.337. The van der Waals surface area contributed by atoms with E-state index in [4.69, 9.17) is 9.47 Å². The van der Waals surface area contributed by atoms with E-state index >= 15 is 0 Å². The standard InChI is InChI=1S/C21H28N2O2/c1-16-12-19-14-22-7-2-18(19)13-21(16)25-20-3-8-23(9-4-20)15-17-5-10-24-11-6-17/h2,7,12-14,17,20H,3-6,8-11,15H2,1H3. The Morgan fingerprint density at radius 2 is 1.92 bits per heavy atom. The minimum Gasteiger partial charge on any atom is -0.490 e. The number of benzene rings is 1. The molecule has 1 aromatic heterocycles. The average Bonchev–Trinajstić information content (AvgIpc) is 2.65. The molecule has 2 aliphatic rings. The molecular weight excluding hydrogens is 312 g/mol. The van der Waals surface area contributed by atoms with Crippen LogP contribution >= 0.6 is 0 Å². The molecule has 2 saturated heterocycles. The first-order chi connectivity index (χ1) is 12.3. The van der Waals surface area contributed by atoms with Gasteiger partial charge in [0.1, 0.15) is 11.9 Å². The average molecular weight is 340 g/mol. The summed E-state index contributed by atoms with van der Waals surface area (Å²) in [5.74, 6) is 1.85. The Bertz CT molecular complexity index is 704. The molecular formula is C21H28N2O2. The fourth-order valence-electron chi connectivity index (χ4n) is 4.04. The van der Waals surface area contributed by atoms with Crippen molar-refractivity contribution in [3.8, 4) is 5.75 Å². The van der Waals surface area contributed by atoms with Crippen molar-refractivity contribution < 1.29 is 9.47 Å². The number of rotatable bonds is 4. The van der Waals surface area contributed by atoms with Gasteiger partial charge in [-0.15, -0.1) is 0 Å². The molecule has 0 spiro atoms. The normalized spacial score (nSPS) is 20.8. The number of fused-ring (bicyclic) bond motifs is 1. The van der Waals surface area contributed by atoms with Crippen molar-refractivity contribution in [3.63, 3.8) is 0 Å². The Kier molecular flexibility index (Phi) is 5.18. The van der Waals surface area contributed by atoms with Gasteiger partial charge in [-0.1, -0.05) is 0 Å². The quantitative estimate of drug-likeness (QED) is 0.848. The van der Waals surface area contributed by atoms with E-state index in [-0.39, 0.29) is 0 Å². The van der Waals surface area contributed by atoms with Crippen LogP contribution in [0.3, 0.4) is 0 Å². The van der Waals surface area contributed by atoms with Crippen molar-refractivity contribution >= 4 is 10.8 Å². The van der Waals surface area contributed by atoms with Crippen LogP contribution in [0.2, 0.25) is 0 Å². The molecule has 2 fully saturated rings. The van der Waals surface area contributed by atoms with Crippen LogP contribution in [0.1, 0.15) is 31.2 Å². The molecule has 4 nitrogen and oxygen atoms in total. The first-order valence-electron chi connectivity index (χ1n) is 9.59. The minimum atomic E-state index is 0.337. The van der Waals surface area contributed by atoms with Crippen LogP contribution in [0, 0.1) is 12.8 Å². The Morgan fingerprint density at radius 3 is 2.72 bits per heavy atom. The molecule has 0 aliphatic carbocycles. The number of likely N-dealkylation sites (tertiary alicyclic amines) is 1. The third-order valence-corrected chi connectivity index (χ3v) is 5.62. The predicted molar refractivity (Wildman–Crippen MR) is 100 cm³/mol. The number of hydrogen-bond donors (Lipinski definition) is 0. The van der Waals surface area contributed by atoms with Gasteiger partial charge in [-0.3, -0.25) is 4.98 Å². The molecule has 2 aromatic rings. The van der Waals surface area contributed by atoms with Crippen LogP contribution in [-0.4, -0.2) is 48.8 Å².